The third-order valence-corrected chi connectivity index (χ3v) is 11.9. The fourth-order valence-electron chi connectivity index (χ4n) is 7.67. The first-order chi connectivity index (χ1) is 27.8. The summed E-state index contributed by atoms with van der Waals surface area (Å²) >= 11 is 0. The standard InChI is InChI=1S/C48H95O8P/c1-3-5-7-9-11-13-15-17-19-21-23-24-25-27-28-30-32-34-36-38-40-42-47(49)54-44-46(45-55-57(51,52)53)56-48(50)43-41-39-37-35-33-31-29-26-22-20-18-16-14-12-10-8-6-4-2/h46H,3-45H2,1-2H3,(H2,51,52,53)/t46-/m1/s1. The van der Waals surface area contributed by atoms with Gasteiger partial charge in [0.05, 0.1) is 6.61 Å². The van der Waals surface area contributed by atoms with Crippen LogP contribution in [0.2, 0.25) is 0 Å². The van der Waals surface area contributed by atoms with Crippen molar-refractivity contribution in [3.05, 3.63) is 0 Å². The molecule has 0 unspecified atom stereocenters. The maximum Gasteiger partial charge on any atom is 0.469 e. The van der Waals surface area contributed by atoms with E-state index in [-0.39, 0.29) is 19.4 Å². The lowest BCUT2D eigenvalue weighted by atomic mass is 10.0. The molecule has 0 amide bonds. The number of hydrogen-bond acceptors (Lipinski definition) is 6. The number of carbonyl (C=O) groups excluding carboxylic acids is 2. The highest BCUT2D eigenvalue weighted by Gasteiger charge is 2.23. The maximum absolute atomic E-state index is 12.5. The summed E-state index contributed by atoms with van der Waals surface area (Å²) in [7, 11) is -4.75. The predicted octanol–water partition coefficient (Wildman–Crippen LogP) is 15.6. The Hall–Kier alpha value is -0.950. The fourth-order valence-corrected chi connectivity index (χ4v) is 8.03. The molecule has 0 saturated carbocycles. The van der Waals surface area contributed by atoms with E-state index in [2.05, 4.69) is 18.4 Å². The van der Waals surface area contributed by atoms with Crippen molar-refractivity contribution in [2.75, 3.05) is 13.2 Å². The van der Waals surface area contributed by atoms with Gasteiger partial charge in [-0.2, -0.15) is 0 Å². The van der Waals surface area contributed by atoms with Crippen LogP contribution in [0.4, 0.5) is 0 Å². The van der Waals surface area contributed by atoms with Crippen LogP contribution in [0.1, 0.15) is 277 Å². The van der Waals surface area contributed by atoms with Crippen molar-refractivity contribution < 1.29 is 37.9 Å². The first-order valence-corrected chi connectivity index (χ1v) is 26.4. The molecule has 0 saturated heterocycles. The van der Waals surface area contributed by atoms with Gasteiger partial charge >= 0.3 is 19.8 Å². The van der Waals surface area contributed by atoms with Gasteiger partial charge in [0.1, 0.15) is 6.61 Å². The summed E-state index contributed by atoms with van der Waals surface area (Å²) < 4.78 is 26.5. The van der Waals surface area contributed by atoms with Gasteiger partial charge in [-0.05, 0) is 12.8 Å². The average molecular weight is 831 g/mol. The van der Waals surface area contributed by atoms with Crippen LogP contribution in [0.15, 0.2) is 0 Å². The second kappa shape index (κ2) is 44.6. The molecule has 0 aromatic heterocycles. The molecular weight excluding hydrogens is 735 g/mol. The number of ether oxygens (including phenoxy) is 2. The Kier molecular flexibility index (Phi) is 43.9. The molecule has 0 radical (unpaired) electrons. The monoisotopic (exact) mass is 831 g/mol. The Bertz CT molecular complexity index is 894. The van der Waals surface area contributed by atoms with E-state index in [1.54, 1.807) is 0 Å². The van der Waals surface area contributed by atoms with Gasteiger partial charge in [0.25, 0.3) is 0 Å². The molecular formula is C48H95O8P. The second-order valence-corrected chi connectivity index (χ2v) is 18.4. The minimum Gasteiger partial charge on any atom is -0.462 e. The Morgan fingerprint density at radius 1 is 0.386 bits per heavy atom. The van der Waals surface area contributed by atoms with Crippen LogP contribution in [0.3, 0.4) is 0 Å². The van der Waals surface area contributed by atoms with E-state index in [4.69, 9.17) is 19.3 Å². The van der Waals surface area contributed by atoms with Crippen molar-refractivity contribution >= 4 is 19.8 Å². The number of phosphoric ester groups is 1. The number of hydrogen-bond donors (Lipinski definition) is 2. The summed E-state index contributed by atoms with van der Waals surface area (Å²) in [5.74, 6) is -0.861. The highest BCUT2D eigenvalue weighted by molar-refractivity contribution is 7.46. The molecule has 0 aromatic rings. The van der Waals surface area contributed by atoms with Crippen LogP contribution in [0, 0.1) is 0 Å². The molecule has 0 bridgehead atoms. The van der Waals surface area contributed by atoms with Crippen LogP contribution in [0.5, 0.6) is 0 Å². The van der Waals surface area contributed by atoms with Gasteiger partial charge in [-0.15, -0.1) is 0 Å². The Morgan fingerprint density at radius 2 is 0.632 bits per heavy atom. The normalized spacial score (nSPS) is 12.3. The summed E-state index contributed by atoms with van der Waals surface area (Å²) in [5.41, 5.74) is 0. The SMILES string of the molecule is CCCCCCCCCCCCCCCCCCCCCCCC(=O)OC[C@H](COP(=O)(O)O)OC(=O)CCCCCCCCCCCCCCCCCCCC. The van der Waals surface area contributed by atoms with Crippen LogP contribution in [-0.2, 0) is 28.2 Å². The zero-order chi connectivity index (χ0) is 41.8. The summed E-state index contributed by atoms with van der Waals surface area (Å²) in [4.78, 5) is 43.0. The molecule has 1 atom stereocenters. The average Bonchev–Trinajstić information content (AvgIpc) is 3.18. The molecule has 0 aliphatic rings. The number of rotatable bonds is 47. The lowest BCUT2D eigenvalue weighted by molar-refractivity contribution is -0.161. The smallest absolute Gasteiger partial charge is 0.462 e. The quantitative estimate of drug-likeness (QED) is 0.0353. The first kappa shape index (κ1) is 56.0. The van der Waals surface area contributed by atoms with E-state index in [1.807, 2.05) is 0 Å². The largest absolute Gasteiger partial charge is 0.469 e. The maximum atomic E-state index is 12.5. The minimum atomic E-state index is -4.75. The van der Waals surface area contributed by atoms with Crippen molar-refractivity contribution in [3.8, 4) is 0 Å². The molecule has 57 heavy (non-hydrogen) atoms. The third kappa shape index (κ3) is 47.6. The molecule has 0 aliphatic heterocycles. The summed E-state index contributed by atoms with van der Waals surface area (Å²) in [6.45, 7) is 3.75. The van der Waals surface area contributed by atoms with Gasteiger partial charge in [-0.1, -0.05) is 251 Å². The predicted molar refractivity (Wildman–Crippen MR) is 239 cm³/mol. The van der Waals surface area contributed by atoms with Crippen LogP contribution in [-0.4, -0.2) is 41.0 Å². The Morgan fingerprint density at radius 3 is 0.895 bits per heavy atom. The van der Waals surface area contributed by atoms with Crippen LogP contribution < -0.4 is 0 Å². The summed E-state index contributed by atoms with van der Waals surface area (Å²) in [6, 6.07) is 0. The molecule has 8 nitrogen and oxygen atoms in total. The van der Waals surface area contributed by atoms with E-state index in [0.29, 0.717) is 6.42 Å². The van der Waals surface area contributed by atoms with E-state index < -0.39 is 32.5 Å². The van der Waals surface area contributed by atoms with Crippen molar-refractivity contribution in [2.45, 2.75) is 283 Å². The van der Waals surface area contributed by atoms with Crippen molar-refractivity contribution in [2.24, 2.45) is 0 Å². The van der Waals surface area contributed by atoms with Crippen molar-refractivity contribution in [1.82, 2.24) is 0 Å². The molecule has 9 heteroatoms. The highest BCUT2D eigenvalue weighted by atomic mass is 31.2. The minimum absolute atomic E-state index is 0.221. The van der Waals surface area contributed by atoms with Gasteiger partial charge in [0, 0.05) is 12.8 Å². The number of unbranched alkanes of at least 4 members (excludes halogenated alkanes) is 37. The van der Waals surface area contributed by atoms with Crippen molar-refractivity contribution in [1.29, 1.82) is 0 Å². The van der Waals surface area contributed by atoms with Crippen LogP contribution >= 0.6 is 7.82 Å². The molecule has 0 aliphatic carbocycles. The van der Waals surface area contributed by atoms with Gasteiger partial charge in [-0.3, -0.25) is 14.1 Å². The molecule has 0 spiro atoms. The molecule has 0 rings (SSSR count). The second-order valence-electron chi connectivity index (χ2n) is 17.2. The Labute approximate surface area is 353 Å². The zero-order valence-electron chi connectivity index (χ0n) is 37.8. The van der Waals surface area contributed by atoms with Crippen molar-refractivity contribution in [3.63, 3.8) is 0 Å². The fraction of sp³-hybridized carbons (Fsp3) is 0.958. The lowest BCUT2D eigenvalue weighted by Crippen LogP contribution is -2.29. The molecule has 340 valence electrons. The highest BCUT2D eigenvalue weighted by Crippen LogP contribution is 2.36. The van der Waals surface area contributed by atoms with Crippen LogP contribution in [0.25, 0.3) is 0 Å². The number of carbonyl (C=O) groups is 2. The molecule has 2 N–H and O–H groups in total. The third-order valence-electron chi connectivity index (χ3n) is 11.4. The topological polar surface area (TPSA) is 119 Å². The number of esters is 2. The lowest BCUT2D eigenvalue weighted by Gasteiger charge is -2.18. The molecule has 0 heterocycles. The number of phosphoric acid groups is 1. The van der Waals surface area contributed by atoms with Gasteiger partial charge < -0.3 is 19.3 Å². The van der Waals surface area contributed by atoms with Gasteiger partial charge in [-0.25, -0.2) is 4.57 Å². The van der Waals surface area contributed by atoms with E-state index in [9.17, 15) is 14.2 Å². The summed E-state index contributed by atoms with van der Waals surface area (Å²) in [6.07, 6.45) is 49.8. The summed E-state index contributed by atoms with van der Waals surface area (Å²) in [5, 5.41) is 0. The Balaban J connectivity index is 3.76. The van der Waals surface area contributed by atoms with Gasteiger partial charge in [0.15, 0.2) is 6.10 Å². The van der Waals surface area contributed by atoms with E-state index >= 15 is 0 Å². The van der Waals surface area contributed by atoms with E-state index in [0.717, 1.165) is 32.1 Å². The molecule has 0 fully saturated rings. The zero-order valence-corrected chi connectivity index (χ0v) is 38.7. The van der Waals surface area contributed by atoms with Gasteiger partial charge in [0.2, 0.25) is 0 Å². The van der Waals surface area contributed by atoms with E-state index in [1.165, 1.54) is 212 Å². The first-order valence-electron chi connectivity index (χ1n) is 24.8. The molecule has 0 aromatic carbocycles.